The first-order valence-electron chi connectivity index (χ1n) is 48.7. The maximum absolute atomic E-state index is 5.16. The Bertz CT molecular complexity index is 9120. The van der Waals surface area contributed by atoms with E-state index in [1.165, 1.54) is 0 Å². The fraction of sp³-hybridized carbons (Fsp3) is 0. The third kappa shape index (κ3) is 18.5. The second kappa shape index (κ2) is 39.5. The summed E-state index contributed by atoms with van der Waals surface area (Å²) in [4.78, 5) is 73.5. The molecule has 0 radical (unpaired) electrons. The lowest BCUT2D eigenvalue weighted by Gasteiger charge is -2.13. The van der Waals surface area contributed by atoms with Crippen molar-refractivity contribution in [3.8, 4) is 186 Å². The van der Waals surface area contributed by atoms with Crippen molar-refractivity contribution < 1.29 is 0 Å². The zero-order valence-corrected chi connectivity index (χ0v) is 79.2. The van der Waals surface area contributed by atoms with Crippen LogP contribution in [0.5, 0.6) is 0 Å². The summed E-state index contributed by atoms with van der Waals surface area (Å²) in [5.74, 6) is 3.44. The summed E-state index contributed by atoms with van der Waals surface area (Å²) in [6.45, 7) is 0. The Morgan fingerprint density at radius 3 is 0.925 bits per heavy atom. The number of benzene rings is 15. The third-order valence-corrected chi connectivity index (χ3v) is 26.4. The maximum atomic E-state index is 5.16. The highest BCUT2D eigenvalue weighted by Gasteiger charge is 2.23. The average molecular weight is 1880 g/mol. The van der Waals surface area contributed by atoms with E-state index in [0.717, 1.165) is 240 Å². The molecule has 0 unspecified atom stereocenters. The monoisotopic (exact) mass is 1880 g/mol. The van der Waals surface area contributed by atoms with Gasteiger partial charge in [-0.05, 0) is 197 Å². The van der Waals surface area contributed by atoms with E-state index in [4.69, 9.17) is 59.8 Å². The molecule has 0 amide bonds. The van der Waals surface area contributed by atoms with Gasteiger partial charge in [0.2, 0.25) is 0 Å². The molecule has 16 heteroatoms. The molecule has 12 aromatic heterocycles. The Labute approximate surface area is 846 Å². The number of imidazole rings is 1. The molecule has 0 atom stereocenters. The fourth-order valence-corrected chi connectivity index (χ4v) is 18.9. The number of fused-ring (bicyclic) bond motifs is 7. The fourth-order valence-electron chi connectivity index (χ4n) is 18.9. The van der Waals surface area contributed by atoms with Gasteiger partial charge in [0.25, 0.3) is 0 Å². The van der Waals surface area contributed by atoms with Crippen LogP contribution in [0.25, 0.3) is 263 Å². The quantitative estimate of drug-likeness (QED) is 0.0833. The molecule has 0 saturated heterocycles. The van der Waals surface area contributed by atoms with Crippen molar-refractivity contribution >= 4 is 76.5 Å². The van der Waals surface area contributed by atoms with Gasteiger partial charge in [0.05, 0.1) is 107 Å². The first-order valence-corrected chi connectivity index (χ1v) is 48.7. The first kappa shape index (κ1) is 88.2. The van der Waals surface area contributed by atoms with Gasteiger partial charge in [-0.3, -0.25) is 19.5 Å². The highest BCUT2D eigenvalue weighted by Crippen LogP contribution is 2.41. The molecular formula is C131H84N16. The minimum Gasteiger partial charge on any atom is -0.292 e. The smallest absolute Gasteiger partial charge is 0.164 e. The number of hydrogen-bond acceptors (Lipinski definition) is 15. The molecule has 147 heavy (non-hydrogen) atoms. The van der Waals surface area contributed by atoms with Crippen LogP contribution in [0.15, 0.2) is 510 Å². The lowest BCUT2D eigenvalue weighted by atomic mass is 9.98. The highest BCUT2D eigenvalue weighted by molar-refractivity contribution is 5.97. The number of aromatic nitrogens is 16. The minimum absolute atomic E-state index is 0.599. The Morgan fingerprint density at radius 2 is 0.463 bits per heavy atom. The van der Waals surface area contributed by atoms with E-state index >= 15 is 0 Å². The molecule has 27 rings (SSSR count). The van der Waals surface area contributed by atoms with Crippen molar-refractivity contribution in [2.24, 2.45) is 0 Å². The van der Waals surface area contributed by atoms with Gasteiger partial charge < -0.3 is 0 Å². The summed E-state index contributed by atoms with van der Waals surface area (Å²) < 4.78 is 2.23. The topological polar surface area (TPSA) is 198 Å². The zero-order chi connectivity index (χ0) is 97.7. The molecule has 0 bridgehead atoms. The number of nitrogens with zero attached hydrogens (tertiary/aromatic N) is 16. The van der Waals surface area contributed by atoms with Crippen molar-refractivity contribution in [2.45, 2.75) is 0 Å². The zero-order valence-electron chi connectivity index (χ0n) is 79.2. The van der Waals surface area contributed by atoms with E-state index in [9.17, 15) is 0 Å². The summed E-state index contributed by atoms with van der Waals surface area (Å²) in [5.41, 5.74) is 34.7. The number of para-hydroxylation sites is 3. The second-order valence-corrected chi connectivity index (χ2v) is 35.8. The Morgan fingerprint density at radius 1 is 0.136 bits per heavy atom. The van der Waals surface area contributed by atoms with Crippen LogP contribution in [0.2, 0.25) is 0 Å². The van der Waals surface area contributed by atoms with Gasteiger partial charge in [-0.25, -0.2) is 59.8 Å². The van der Waals surface area contributed by atoms with Gasteiger partial charge in [0.1, 0.15) is 5.82 Å². The van der Waals surface area contributed by atoms with E-state index in [-0.39, 0.29) is 0 Å². The summed E-state index contributed by atoms with van der Waals surface area (Å²) in [6.07, 6.45) is 5.39. The molecule has 0 saturated carbocycles. The number of hydrogen-bond donors (Lipinski definition) is 0. The van der Waals surface area contributed by atoms with E-state index in [1.807, 2.05) is 206 Å². The SMILES string of the molecule is c1ccc(-c2cc(-c3ccccc3-c3ccc4cc(-c5ccc6ccc(-c7ccccn7)nc6c5)ccc4n3)nc(-c3ccccc3)n2)cc1.c1ccc(-c2nc(-c3ccccc3)nc(-c3ccccc3-c3ccc4cc(-c5ccc6ccc(-c7ccccn7)nc6c5)ccc4n3)n2)cc1.c1ccc(-n2c(-c3cccc(-c4ccc5cc(-c6ccc7ccc(-c8ccccn8)nc7c6)ccc5n4)c3)nc3ccccc32)cc1. The molecule has 15 aromatic carbocycles. The van der Waals surface area contributed by atoms with Gasteiger partial charge in [-0.2, -0.15) is 0 Å². The molecule has 0 N–H and O–H groups in total. The van der Waals surface area contributed by atoms with E-state index in [2.05, 4.69) is 305 Å². The van der Waals surface area contributed by atoms with Crippen molar-refractivity contribution in [2.75, 3.05) is 0 Å². The molecule has 688 valence electrons. The normalized spacial score (nSPS) is 11.3. The van der Waals surface area contributed by atoms with Gasteiger partial charge in [0.15, 0.2) is 23.3 Å². The van der Waals surface area contributed by atoms with Crippen LogP contribution >= 0.6 is 0 Å². The Kier molecular flexibility index (Phi) is 23.7. The van der Waals surface area contributed by atoms with Crippen LogP contribution < -0.4 is 0 Å². The molecule has 0 aliphatic rings. The largest absolute Gasteiger partial charge is 0.292 e. The summed E-state index contributed by atoms with van der Waals surface area (Å²) in [6, 6.07) is 168. The highest BCUT2D eigenvalue weighted by atomic mass is 15.1. The van der Waals surface area contributed by atoms with Gasteiger partial charge in [0, 0.05) is 112 Å². The maximum Gasteiger partial charge on any atom is 0.164 e. The van der Waals surface area contributed by atoms with E-state index in [1.54, 1.807) is 18.6 Å². The van der Waals surface area contributed by atoms with Crippen LogP contribution in [-0.4, -0.2) is 79.3 Å². The van der Waals surface area contributed by atoms with Crippen molar-refractivity contribution in [3.05, 3.63) is 510 Å². The number of pyridine rings is 9. The summed E-state index contributed by atoms with van der Waals surface area (Å²) >= 11 is 0. The van der Waals surface area contributed by atoms with Crippen molar-refractivity contribution in [3.63, 3.8) is 0 Å². The molecule has 0 spiro atoms. The minimum atomic E-state index is 0.599. The summed E-state index contributed by atoms with van der Waals surface area (Å²) in [7, 11) is 0. The van der Waals surface area contributed by atoms with Gasteiger partial charge >= 0.3 is 0 Å². The summed E-state index contributed by atoms with van der Waals surface area (Å²) in [5, 5.41) is 6.49. The molecule has 16 nitrogen and oxygen atoms in total. The van der Waals surface area contributed by atoms with Crippen molar-refractivity contribution in [1.82, 2.24) is 79.3 Å². The Hall–Kier alpha value is -20.2. The van der Waals surface area contributed by atoms with Crippen LogP contribution in [0.3, 0.4) is 0 Å². The van der Waals surface area contributed by atoms with Crippen LogP contribution in [-0.2, 0) is 0 Å². The van der Waals surface area contributed by atoms with E-state index < -0.39 is 0 Å². The molecule has 0 fully saturated rings. The lowest BCUT2D eigenvalue weighted by molar-refractivity contribution is 1.07. The number of rotatable bonds is 17. The third-order valence-electron chi connectivity index (χ3n) is 26.4. The lowest BCUT2D eigenvalue weighted by Crippen LogP contribution is -2.01. The molecular weight excluding hydrogens is 1800 g/mol. The molecule has 0 aliphatic carbocycles. The van der Waals surface area contributed by atoms with Gasteiger partial charge in [-0.15, -0.1) is 0 Å². The average Bonchev–Trinajstić information content (AvgIpc) is 1.49. The molecule has 27 aromatic rings. The predicted molar refractivity (Wildman–Crippen MR) is 595 cm³/mol. The van der Waals surface area contributed by atoms with Crippen LogP contribution in [0.4, 0.5) is 0 Å². The predicted octanol–water partition coefficient (Wildman–Crippen LogP) is 31.5. The van der Waals surface area contributed by atoms with Crippen molar-refractivity contribution in [1.29, 1.82) is 0 Å². The van der Waals surface area contributed by atoms with Crippen LogP contribution in [0.1, 0.15) is 0 Å². The second-order valence-electron chi connectivity index (χ2n) is 35.8. The molecule has 0 aliphatic heterocycles. The first-order chi connectivity index (χ1) is 72.8. The Balaban J connectivity index is 0.000000115. The molecule has 12 heterocycles. The van der Waals surface area contributed by atoms with E-state index in [0.29, 0.717) is 23.3 Å². The van der Waals surface area contributed by atoms with Gasteiger partial charge in [-0.1, -0.05) is 328 Å². The van der Waals surface area contributed by atoms with Crippen LogP contribution in [0, 0.1) is 0 Å². The standard InChI is InChI=1S/C45H29N5.C44H28N6.C42H27N5/c1-3-11-30(12-4-1)43-29-44(50-45(49-43)32-13-5-2-6-14-32)37-16-8-7-15-36(37)39-24-22-35-27-33(21-23-38(35)47-39)34-19-18-31-20-25-41(48-42(31)28-34)40-17-9-10-26-46-40;1-3-11-30(12-4-1)42-48-43(31-13-5-2-6-14-31)50-44(49-42)36-16-8-7-15-35(36)38-24-22-34-27-32(21-23-37(34)46-38)33-19-18-29-20-25-40(47-41(29)28-33)39-17-9-10-26-45-39;1-2-11-34(12-3-1)47-41-15-5-4-14-39(41)46-42(47)33-10-8-9-31(26-33)35-22-20-32-25-29(19-21-36(32)44-35)30-17-16-28-18-23-38(45-40(28)27-30)37-13-6-7-24-43-37/h1-29H;1-28H;1-27H.